The second kappa shape index (κ2) is 8.95. The quantitative estimate of drug-likeness (QED) is 0.591. The van der Waals surface area contributed by atoms with Gasteiger partial charge in [-0.3, -0.25) is 4.99 Å². The number of benzene rings is 1. The first-order chi connectivity index (χ1) is 13.8. The molecule has 1 aromatic carbocycles. The van der Waals surface area contributed by atoms with Crippen molar-refractivity contribution in [2.75, 3.05) is 26.8 Å². The molecular formula is C22H31FN4O2. The van der Waals surface area contributed by atoms with E-state index in [0.717, 1.165) is 24.2 Å². The predicted molar refractivity (Wildman–Crippen MR) is 112 cm³/mol. The van der Waals surface area contributed by atoms with Crippen LogP contribution in [0.2, 0.25) is 0 Å². The molecule has 0 unspecified atom stereocenters. The summed E-state index contributed by atoms with van der Waals surface area (Å²) in [7, 11) is 1.74. The van der Waals surface area contributed by atoms with E-state index in [0.29, 0.717) is 38.2 Å². The van der Waals surface area contributed by atoms with Gasteiger partial charge in [0, 0.05) is 37.6 Å². The van der Waals surface area contributed by atoms with Crippen molar-refractivity contribution >= 4 is 5.96 Å². The van der Waals surface area contributed by atoms with E-state index in [9.17, 15) is 4.39 Å². The lowest BCUT2D eigenvalue weighted by Crippen LogP contribution is -2.48. The van der Waals surface area contributed by atoms with E-state index >= 15 is 0 Å². The lowest BCUT2D eigenvalue weighted by molar-refractivity contribution is 0.0513. The van der Waals surface area contributed by atoms with E-state index in [2.05, 4.69) is 41.4 Å². The van der Waals surface area contributed by atoms with Crippen LogP contribution in [0, 0.1) is 5.82 Å². The van der Waals surface area contributed by atoms with E-state index in [4.69, 9.17) is 9.15 Å². The Morgan fingerprint density at radius 3 is 2.45 bits per heavy atom. The molecule has 29 heavy (non-hydrogen) atoms. The van der Waals surface area contributed by atoms with Crippen LogP contribution in [0.25, 0.3) is 0 Å². The summed E-state index contributed by atoms with van der Waals surface area (Å²) in [4.78, 5) is 8.66. The zero-order valence-electron chi connectivity index (χ0n) is 17.7. The maximum absolute atomic E-state index is 13.4. The number of nitrogens with one attached hydrogen (secondary N) is 2. The predicted octanol–water partition coefficient (Wildman–Crippen LogP) is 3.52. The summed E-state index contributed by atoms with van der Waals surface area (Å²) in [6, 6.07) is 6.79. The molecule has 0 radical (unpaired) electrons. The summed E-state index contributed by atoms with van der Waals surface area (Å²) in [6.07, 6.45) is 3.52. The van der Waals surface area contributed by atoms with Gasteiger partial charge in [0.25, 0.3) is 0 Å². The molecule has 6 nitrogen and oxygen atoms in total. The monoisotopic (exact) mass is 402 g/mol. The molecule has 1 aliphatic rings. The van der Waals surface area contributed by atoms with Crippen molar-refractivity contribution in [3.05, 3.63) is 53.5 Å². The standard InChI is InChI=1S/C22H31FN4O2/c1-21(2,3)18-13-25-19(29-18)14-26-20(24-4)27-15-22(9-11-28-12-10-22)16-5-7-17(23)8-6-16/h5-8,13H,9-12,14-15H2,1-4H3,(H2,24,26,27). The Balaban J connectivity index is 1.63. The Labute approximate surface area is 172 Å². The third kappa shape index (κ3) is 5.35. The lowest BCUT2D eigenvalue weighted by Gasteiger charge is -2.38. The summed E-state index contributed by atoms with van der Waals surface area (Å²) >= 11 is 0. The highest BCUT2D eigenvalue weighted by atomic mass is 19.1. The third-order valence-electron chi connectivity index (χ3n) is 5.42. The molecule has 7 heteroatoms. The van der Waals surface area contributed by atoms with Crippen LogP contribution in [0.3, 0.4) is 0 Å². The van der Waals surface area contributed by atoms with Crippen LogP contribution in [-0.2, 0) is 22.1 Å². The number of halogens is 1. The Bertz CT molecular complexity index is 818. The first-order valence-electron chi connectivity index (χ1n) is 10.1. The fourth-order valence-electron chi connectivity index (χ4n) is 3.50. The normalized spacial score (nSPS) is 17.2. The van der Waals surface area contributed by atoms with Gasteiger partial charge in [-0.2, -0.15) is 0 Å². The summed E-state index contributed by atoms with van der Waals surface area (Å²) in [5.74, 6) is 1.93. The van der Waals surface area contributed by atoms with Crippen LogP contribution in [0.1, 0.15) is 50.8 Å². The summed E-state index contributed by atoms with van der Waals surface area (Å²) < 4.78 is 24.8. The van der Waals surface area contributed by atoms with Gasteiger partial charge in [-0.25, -0.2) is 9.37 Å². The Hall–Kier alpha value is -2.41. The van der Waals surface area contributed by atoms with Crippen molar-refractivity contribution in [2.24, 2.45) is 4.99 Å². The van der Waals surface area contributed by atoms with Crippen molar-refractivity contribution in [3.63, 3.8) is 0 Å². The Kier molecular flexibility index (Phi) is 6.57. The van der Waals surface area contributed by atoms with E-state index in [1.165, 1.54) is 12.1 Å². The highest BCUT2D eigenvalue weighted by Gasteiger charge is 2.34. The molecule has 2 aromatic rings. The van der Waals surface area contributed by atoms with Gasteiger partial charge in [0.15, 0.2) is 5.96 Å². The van der Waals surface area contributed by atoms with Crippen LogP contribution in [-0.4, -0.2) is 37.7 Å². The van der Waals surface area contributed by atoms with Crippen LogP contribution in [0.4, 0.5) is 4.39 Å². The van der Waals surface area contributed by atoms with Gasteiger partial charge in [0.1, 0.15) is 11.6 Å². The van der Waals surface area contributed by atoms with Crippen molar-refractivity contribution in [2.45, 2.75) is 51.0 Å². The minimum absolute atomic E-state index is 0.0736. The van der Waals surface area contributed by atoms with E-state index in [1.54, 1.807) is 13.2 Å². The van der Waals surface area contributed by atoms with Gasteiger partial charge in [-0.15, -0.1) is 0 Å². The zero-order valence-corrected chi connectivity index (χ0v) is 17.7. The summed E-state index contributed by atoms with van der Waals surface area (Å²) in [5.41, 5.74) is 0.925. The smallest absolute Gasteiger partial charge is 0.213 e. The molecule has 0 atom stereocenters. The summed E-state index contributed by atoms with van der Waals surface area (Å²) in [5, 5.41) is 6.68. The number of hydrogen-bond acceptors (Lipinski definition) is 4. The maximum Gasteiger partial charge on any atom is 0.213 e. The van der Waals surface area contributed by atoms with Crippen molar-refractivity contribution in [1.82, 2.24) is 15.6 Å². The van der Waals surface area contributed by atoms with E-state index in [1.807, 2.05) is 12.1 Å². The largest absolute Gasteiger partial charge is 0.443 e. The van der Waals surface area contributed by atoms with Gasteiger partial charge in [0.2, 0.25) is 5.89 Å². The fraction of sp³-hybridized carbons (Fsp3) is 0.545. The van der Waals surface area contributed by atoms with Crippen LogP contribution in [0.15, 0.2) is 39.9 Å². The second-order valence-electron chi connectivity index (χ2n) is 8.55. The Morgan fingerprint density at radius 1 is 1.17 bits per heavy atom. The van der Waals surface area contributed by atoms with Crippen molar-refractivity contribution < 1.29 is 13.5 Å². The number of ether oxygens (including phenoxy) is 1. The van der Waals surface area contributed by atoms with Crippen molar-refractivity contribution in [1.29, 1.82) is 0 Å². The van der Waals surface area contributed by atoms with Gasteiger partial charge >= 0.3 is 0 Å². The highest BCUT2D eigenvalue weighted by molar-refractivity contribution is 5.79. The molecule has 1 saturated heterocycles. The number of nitrogens with zero attached hydrogens (tertiary/aromatic N) is 2. The molecule has 1 fully saturated rings. The molecule has 158 valence electrons. The molecule has 0 amide bonds. The van der Waals surface area contributed by atoms with E-state index in [-0.39, 0.29) is 16.6 Å². The SMILES string of the molecule is CN=C(NCc1ncc(C(C)(C)C)o1)NCC1(c2ccc(F)cc2)CCOCC1. The van der Waals surface area contributed by atoms with E-state index < -0.39 is 0 Å². The minimum atomic E-state index is -0.220. The first-order valence-corrected chi connectivity index (χ1v) is 10.1. The van der Waals surface area contributed by atoms with Gasteiger partial charge in [-0.1, -0.05) is 32.9 Å². The number of oxazole rings is 1. The number of rotatable bonds is 5. The molecule has 0 bridgehead atoms. The number of aromatic nitrogens is 1. The third-order valence-corrected chi connectivity index (χ3v) is 5.42. The molecule has 0 aliphatic carbocycles. The number of guanidine groups is 1. The van der Waals surface area contributed by atoms with Gasteiger partial charge < -0.3 is 19.8 Å². The molecule has 0 saturated carbocycles. The van der Waals surface area contributed by atoms with Crippen LogP contribution >= 0.6 is 0 Å². The second-order valence-corrected chi connectivity index (χ2v) is 8.55. The number of aliphatic imine (C=N–C) groups is 1. The van der Waals surface area contributed by atoms with Crippen LogP contribution in [0.5, 0.6) is 0 Å². The number of hydrogen-bond donors (Lipinski definition) is 2. The molecule has 0 spiro atoms. The average molecular weight is 403 g/mol. The highest BCUT2D eigenvalue weighted by Crippen LogP contribution is 2.34. The Morgan fingerprint density at radius 2 is 1.86 bits per heavy atom. The lowest BCUT2D eigenvalue weighted by atomic mass is 9.74. The molecule has 2 N–H and O–H groups in total. The average Bonchev–Trinajstić information content (AvgIpc) is 3.19. The molecular weight excluding hydrogens is 371 g/mol. The topological polar surface area (TPSA) is 71.7 Å². The first kappa shape index (κ1) is 21.3. The fourth-order valence-corrected chi connectivity index (χ4v) is 3.50. The molecule has 3 rings (SSSR count). The maximum atomic E-state index is 13.4. The summed E-state index contributed by atoms with van der Waals surface area (Å²) in [6.45, 7) is 8.78. The van der Waals surface area contributed by atoms with Gasteiger partial charge in [0.05, 0.1) is 12.7 Å². The molecule has 2 heterocycles. The molecule has 1 aromatic heterocycles. The van der Waals surface area contributed by atoms with Crippen LogP contribution < -0.4 is 10.6 Å². The van der Waals surface area contributed by atoms with Gasteiger partial charge in [-0.05, 0) is 30.5 Å². The minimum Gasteiger partial charge on any atom is -0.443 e. The molecule has 1 aliphatic heterocycles. The zero-order chi connectivity index (χ0) is 20.9. The van der Waals surface area contributed by atoms with Crippen molar-refractivity contribution in [3.8, 4) is 0 Å².